The number of benzene rings is 2. The van der Waals surface area contributed by atoms with E-state index in [9.17, 15) is 9.59 Å². The van der Waals surface area contributed by atoms with Crippen molar-refractivity contribution in [3.63, 3.8) is 0 Å². The zero-order valence-corrected chi connectivity index (χ0v) is 12.2. The highest BCUT2D eigenvalue weighted by atomic mass is 16.1. The Morgan fingerprint density at radius 2 is 1.48 bits per heavy atom. The Balaban J connectivity index is 2.44. The third-order valence-corrected chi connectivity index (χ3v) is 3.57. The van der Waals surface area contributed by atoms with E-state index in [4.69, 9.17) is 0 Å². The summed E-state index contributed by atoms with van der Waals surface area (Å²) in [6.07, 6.45) is 0.748. The van der Waals surface area contributed by atoms with Crippen LogP contribution in [0.1, 0.15) is 30.9 Å². The standard InChI is InChI=1S/C19H18O2/c1-14(13-20)18(17-11-7-4-8-12-17)19(21)15(2)16-9-5-3-6-10-16/h3-13,15H,1-2H3. The van der Waals surface area contributed by atoms with Crippen LogP contribution in [0, 0.1) is 0 Å². The molecule has 0 aromatic heterocycles. The van der Waals surface area contributed by atoms with Gasteiger partial charge in [0.05, 0.1) is 0 Å². The molecule has 0 aliphatic rings. The number of hydrogen-bond acceptors (Lipinski definition) is 2. The van der Waals surface area contributed by atoms with Gasteiger partial charge in [0.1, 0.15) is 6.29 Å². The molecule has 2 rings (SSSR count). The van der Waals surface area contributed by atoms with E-state index in [2.05, 4.69) is 0 Å². The Bertz CT molecular complexity index is 654. The second-order valence-electron chi connectivity index (χ2n) is 5.04. The molecule has 0 spiro atoms. The van der Waals surface area contributed by atoms with Gasteiger partial charge in [-0.3, -0.25) is 9.59 Å². The zero-order valence-electron chi connectivity index (χ0n) is 12.2. The average Bonchev–Trinajstić information content (AvgIpc) is 2.55. The van der Waals surface area contributed by atoms with Gasteiger partial charge < -0.3 is 0 Å². The largest absolute Gasteiger partial charge is 0.298 e. The number of rotatable bonds is 5. The minimum absolute atomic E-state index is 0.0306. The van der Waals surface area contributed by atoms with E-state index in [-0.39, 0.29) is 11.7 Å². The third-order valence-electron chi connectivity index (χ3n) is 3.57. The molecule has 1 atom stereocenters. The first-order chi connectivity index (χ1) is 10.1. The van der Waals surface area contributed by atoms with Crippen LogP contribution in [0.25, 0.3) is 5.57 Å². The van der Waals surface area contributed by atoms with E-state index in [1.807, 2.05) is 67.6 Å². The minimum atomic E-state index is -0.281. The monoisotopic (exact) mass is 278 g/mol. The lowest BCUT2D eigenvalue weighted by atomic mass is 9.87. The molecule has 0 heterocycles. The second kappa shape index (κ2) is 6.80. The quantitative estimate of drug-likeness (QED) is 0.611. The topological polar surface area (TPSA) is 34.1 Å². The fourth-order valence-electron chi connectivity index (χ4n) is 2.34. The first kappa shape index (κ1) is 14.9. The van der Waals surface area contributed by atoms with E-state index in [1.54, 1.807) is 6.92 Å². The van der Waals surface area contributed by atoms with E-state index in [0.29, 0.717) is 11.1 Å². The van der Waals surface area contributed by atoms with Crippen LogP contribution < -0.4 is 0 Å². The molecule has 21 heavy (non-hydrogen) atoms. The number of allylic oxidation sites excluding steroid dienone is 2. The van der Waals surface area contributed by atoms with Crippen molar-refractivity contribution in [2.75, 3.05) is 0 Å². The van der Waals surface area contributed by atoms with Crippen LogP contribution in [-0.4, -0.2) is 12.1 Å². The van der Waals surface area contributed by atoms with Gasteiger partial charge in [-0.2, -0.15) is 0 Å². The van der Waals surface area contributed by atoms with Crippen molar-refractivity contribution in [2.45, 2.75) is 19.8 Å². The molecular formula is C19H18O2. The molecule has 0 saturated carbocycles. The molecule has 0 radical (unpaired) electrons. The van der Waals surface area contributed by atoms with Gasteiger partial charge in [0.15, 0.2) is 5.78 Å². The minimum Gasteiger partial charge on any atom is -0.298 e. The van der Waals surface area contributed by atoms with Crippen molar-refractivity contribution < 1.29 is 9.59 Å². The number of hydrogen-bond donors (Lipinski definition) is 0. The van der Waals surface area contributed by atoms with Crippen LogP contribution >= 0.6 is 0 Å². The average molecular weight is 278 g/mol. The fraction of sp³-hybridized carbons (Fsp3) is 0.158. The molecule has 2 aromatic carbocycles. The molecule has 106 valence electrons. The van der Waals surface area contributed by atoms with Gasteiger partial charge in [-0.15, -0.1) is 0 Å². The molecule has 2 heteroatoms. The summed E-state index contributed by atoms with van der Waals surface area (Å²) in [5.74, 6) is -0.312. The van der Waals surface area contributed by atoms with Crippen LogP contribution in [0.3, 0.4) is 0 Å². The summed E-state index contributed by atoms with van der Waals surface area (Å²) in [4.78, 5) is 24.0. The Morgan fingerprint density at radius 3 is 2.00 bits per heavy atom. The van der Waals surface area contributed by atoms with Gasteiger partial charge in [0, 0.05) is 17.1 Å². The van der Waals surface area contributed by atoms with Crippen molar-refractivity contribution in [1.82, 2.24) is 0 Å². The Labute approximate surface area is 125 Å². The normalized spacial score (nSPS) is 13.2. The maximum Gasteiger partial charge on any atom is 0.171 e. The second-order valence-corrected chi connectivity index (χ2v) is 5.04. The number of carbonyl (C=O) groups excluding carboxylic acids is 2. The predicted molar refractivity (Wildman–Crippen MR) is 85.0 cm³/mol. The summed E-state index contributed by atoms with van der Waals surface area (Å²) in [7, 11) is 0. The van der Waals surface area contributed by atoms with Crippen LogP contribution in [0.4, 0.5) is 0 Å². The first-order valence-corrected chi connectivity index (χ1v) is 6.95. The van der Waals surface area contributed by atoms with E-state index in [1.165, 1.54) is 0 Å². The maximum absolute atomic E-state index is 12.8. The molecule has 2 nitrogen and oxygen atoms in total. The molecule has 0 saturated heterocycles. The molecule has 0 aliphatic heterocycles. The van der Waals surface area contributed by atoms with E-state index in [0.717, 1.165) is 17.4 Å². The summed E-state index contributed by atoms with van der Waals surface area (Å²) in [6.45, 7) is 3.56. The number of Topliss-reactive ketones (excluding diaryl/α,β-unsaturated/α-hetero) is 1. The smallest absolute Gasteiger partial charge is 0.171 e. The van der Waals surface area contributed by atoms with Crippen molar-refractivity contribution in [3.8, 4) is 0 Å². The summed E-state index contributed by atoms with van der Waals surface area (Å²) < 4.78 is 0. The van der Waals surface area contributed by atoms with Crippen molar-refractivity contribution in [3.05, 3.63) is 77.4 Å². The SMILES string of the molecule is CC(C=O)=C(C(=O)C(C)c1ccccc1)c1ccccc1. The molecule has 0 N–H and O–H groups in total. The summed E-state index contributed by atoms with van der Waals surface area (Å²) in [5, 5.41) is 0. The molecule has 2 aromatic rings. The Hall–Kier alpha value is -2.48. The maximum atomic E-state index is 12.8. The van der Waals surface area contributed by atoms with Crippen molar-refractivity contribution in [1.29, 1.82) is 0 Å². The highest BCUT2D eigenvalue weighted by Gasteiger charge is 2.22. The van der Waals surface area contributed by atoms with Gasteiger partial charge in [0.2, 0.25) is 0 Å². The predicted octanol–water partition coefficient (Wildman–Crippen LogP) is 4.03. The molecule has 1 unspecified atom stereocenters. The lowest BCUT2D eigenvalue weighted by molar-refractivity contribution is -0.115. The molecule has 0 amide bonds. The highest BCUT2D eigenvalue weighted by molar-refractivity contribution is 6.26. The Morgan fingerprint density at radius 1 is 0.952 bits per heavy atom. The van der Waals surface area contributed by atoms with Crippen LogP contribution in [0.2, 0.25) is 0 Å². The van der Waals surface area contributed by atoms with Gasteiger partial charge in [-0.05, 0) is 18.1 Å². The highest BCUT2D eigenvalue weighted by Crippen LogP contribution is 2.27. The zero-order chi connectivity index (χ0) is 15.2. The number of ketones is 1. The van der Waals surface area contributed by atoms with E-state index < -0.39 is 0 Å². The lowest BCUT2D eigenvalue weighted by Crippen LogP contribution is -2.13. The fourth-order valence-corrected chi connectivity index (χ4v) is 2.34. The van der Waals surface area contributed by atoms with Crippen molar-refractivity contribution in [2.24, 2.45) is 0 Å². The Kier molecular flexibility index (Phi) is 4.83. The molecular weight excluding hydrogens is 260 g/mol. The molecule has 0 bridgehead atoms. The van der Waals surface area contributed by atoms with Gasteiger partial charge in [0.25, 0.3) is 0 Å². The molecule has 0 fully saturated rings. The number of carbonyl (C=O) groups is 2. The van der Waals surface area contributed by atoms with Crippen LogP contribution in [0.5, 0.6) is 0 Å². The van der Waals surface area contributed by atoms with Gasteiger partial charge >= 0.3 is 0 Å². The first-order valence-electron chi connectivity index (χ1n) is 6.95. The lowest BCUT2D eigenvalue weighted by Gasteiger charge is -2.15. The third kappa shape index (κ3) is 3.34. The van der Waals surface area contributed by atoms with Crippen LogP contribution in [0.15, 0.2) is 66.2 Å². The van der Waals surface area contributed by atoms with Gasteiger partial charge in [-0.1, -0.05) is 67.6 Å². The summed E-state index contributed by atoms with van der Waals surface area (Å²) >= 11 is 0. The summed E-state index contributed by atoms with van der Waals surface area (Å²) in [5.41, 5.74) is 2.71. The van der Waals surface area contributed by atoms with Gasteiger partial charge in [-0.25, -0.2) is 0 Å². The molecule has 0 aliphatic carbocycles. The van der Waals surface area contributed by atoms with E-state index >= 15 is 0 Å². The number of aldehydes is 1. The van der Waals surface area contributed by atoms with Crippen LogP contribution in [-0.2, 0) is 9.59 Å². The van der Waals surface area contributed by atoms with Crippen molar-refractivity contribution >= 4 is 17.6 Å². The summed E-state index contributed by atoms with van der Waals surface area (Å²) in [6, 6.07) is 19.0.